The highest BCUT2D eigenvalue weighted by molar-refractivity contribution is 6.33. The van der Waals surface area contributed by atoms with Crippen molar-refractivity contribution >= 4 is 23.0 Å². The SMILES string of the molecule is CC(C)N(CC(F)(F)F)c1cccc(Cl)c1N. The van der Waals surface area contributed by atoms with E-state index in [1.807, 2.05) is 0 Å². The first kappa shape index (κ1) is 14.0. The zero-order valence-corrected chi connectivity index (χ0v) is 10.3. The van der Waals surface area contributed by atoms with E-state index in [0.717, 1.165) is 0 Å². The van der Waals surface area contributed by atoms with Crippen LogP contribution in [0.4, 0.5) is 24.5 Å². The zero-order valence-electron chi connectivity index (χ0n) is 9.55. The molecule has 0 heterocycles. The van der Waals surface area contributed by atoms with E-state index in [9.17, 15) is 13.2 Å². The molecule has 0 saturated carbocycles. The van der Waals surface area contributed by atoms with Crippen molar-refractivity contribution in [3.05, 3.63) is 23.2 Å². The smallest absolute Gasteiger partial charge is 0.396 e. The van der Waals surface area contributed by atoms with Crippen LogP contribution in [-0.4, -0.2) is 18.8 Å². The van der Waals surface area contributed by atoms with Crippen molar-refractivity contribution in [1.29, 1.82) is 0 Å². The minimum atomic E-state index is -4.28. The predicted octanol–water partition coefficient (Wildman–Crippen LogP) is 3.70. The van der Waals surface area contributed by atoms with E-state index in [1.165, 1.54) is 11.0 Å². The number of rotatable bonds is 3. The van der Waals surface area contributed by atoms with Gasteiger partial charge in [-0.25, -0.2) is 0 Å². The highest BCUT2D eigenvalue weighted by Gasteiger charge is 2.32. The molecule has 0 aliphatic carbocycles. The van der Waals surface area contributed by atoms with Crippen LogP contribution in [0.1, 0.15) is 13.8 Å². The average Bonchev–Trinajstić information content (AvgIpc) is 2.17. The van der Waals surface area contributed by atoms with Crippen LogP contribution in [-0.2, 0) is 0 Å². The van der Waals surface area contributed by atoms with E-state index in [0.29, 0.717) is 5.69 Å². The summed E-state index contributed by atoms with van der Waals surface area (Å²) in [5.41, 5.74) is 6.18. The normalized spacial score (nSPS) is 11.9. The molecule has 0 saturated heterocycles. The van der Waals surface area contributed by atoms with Gasteiger partial charge in [0.15, 0.2) is 0 Å². The molecular formula is C11H14ClF3N2. The Bertz CT molecular complexity index is 391. The van der Waals surface area contributed by atoms with E-state index in [4.69, 9.17) is 17.3 Å². The van der Waals surface area contributed by atoms with Crippen LogP contribution in [0.15, 0.2) is 18.2 Å². The largest absolute Gasteiger partial charge is 0.405 e. The number of hydrogen-bond donors (Lipinski definition) is 1. The number of halogens is 4. The van der Waals surface area contributed by atoms with Crippen LogP contribution in [0.5, 0.6) is 0 Å². The van der Waals surface area contributed by atoms with Crippen LogP contribution in [0.25, 0.3) is 0 Å². The highest BCUT2D eigenvalue weighted by atomic mass is 35.5. The number of anilines is 2. The van der Waals surface area contributed by atoms with Crippen molar-refractivity contribution < 1.29 is 13.2 Å². The van der Waals surface area contributed by atoms with Gasteiger partial charge in [0.1, 0.15) is 6.54 Å². The third-order valence-corrected chi connectivity index (χ3v) is 2.64. The lowest BCUT2D eigenvalue weighted by molar-refractivity contribution is -0.120. The van der Waals surface area contributed by atoms with Crippen LogP contribution < -0.4 is 10.6 Å². The van der Waals surface area contributed by atoms with Gasteiger partial charge in [-0.15, -0.1) is 0 Å². The number of alkyl halides is 3. The van der Waals surface area contributed by atoms with Crippen LogP contribution >= 0.6 is 11.6 Å². The molecule has 17 heavy (non-hydrogen) atoms. The fraction of sp³-hybridized carbons (Fsp3) is 0.455. The standard InChI is InChI=1S/C11H14ClF3N2/c1-7(2)17(6-11(13,14)15)9-5-3-4-8(12)10(9)16/h3-5,7H,6,16H2,1-2H3. The molecule has 2 N–H and O–H groups in total. The van der Waals surface area contributed by atoms with E-state index in [2.05, 4.69) is 0 Å². The fourth-order valence-electron chi connectivity index (χ4n) is 1.52. The van der Waals surface area contributed by atoms with Crippen molar-refractivity contribution in [1.82, 2.24) is 0 Å². The molecule has 96 valence electrons. The highest BCUT2D eigenvalue weighted by Crippen LogP contribution is 2.33. The first-order valence-electron chi connectivity index (χ1n) is 5.09. The molecule has 0 aliphatic heterocycles. The van der Waals surface area contributed by atoms with Crippen molar-refractivity contribution in [3.63, 3.8) is 0 Å². The van der Waals surface area contributed by atoms with Crippen LogP contribution in [0, 0.1) is 0 Å². The summed E-state index contributed by atoms with van der Waals surface area (Å²) in [5.74, 6) is 0. The molecule has 0 aromatic heterocycles. The number of nitrogens with two attached hydrogens (primary N) is 1. The Hall–Kier alpha value is -1.10. The number of nitrogens with zero attached hydrogens (tertiary/aromatic N) is 1. The van der Waals surface area contributed by atoms with Gasteiger partial charge >= 0.3 is 6.18 Å². The molecule has 2 nitrogen and oxygen atoms in total. The second kappa shape index (κ2) is 5.04. The van der Waals surface area contributed by atoms with Crippen LogP contribution in [0.2, 0.25) is 5.02 Å². The van der Waals surface area contributed by atoms with E-state index >= 15 is 0 Å². The van der Waals surface area contributed by atoms with E-state index in [1.54, 1.807) is 26.0 Å². The molecular weight excluding hydrogens is 253 g/mol. The minimum absolute atomic E-state index is 0.173. The topological polar surface area (TPSA) is 29.3 Å². The molecule has 0 spiro atoms. The lowest BCUT2D eigenvalue weighted by Gasteiger charge is -2.31. The first-order valence-corrected chi connectivity index (χ1v) is 5.47. The molecule has 1 aromatic rings. The molecule has 0 radical (unpaired) electrons. The zero-order chi connectivity index (χ0) is 13.2. The lowest BCUT2D eigenvalue weighted by Crippen LogP contribution is -2.39. The summed E-state index contributed by atoms with van der Waals surface area (Å²) >= 11 is 5.80. The summed E-state index contributed by atoms with van der Waals surface area (Å²) in [6.07, 6.45) is -4.28. The summed E-state index contributed by atoms with van der Waals surface area (Å²) in [6.45, 7) is 2.30. The molecule has 0 aliphatic rings. The summed E-state index contributed by atoms with van der Waals surface area (Å²) < 4.78 is 37.4. The molecule has 0 amide bonds. The van der Waals surface area contributed by atoms with Gasteiger partial charge in [0.25, 0.3) is 0 Å². The third-order valence-electron chi connectivity index (χ3n) is 2.31. The fourth-order valence-corrected chi connectivity index (χ4v) is 1.68. The quantitative estimate of drug-likeness (QED) is 0.846. The summed E-state index contributed by atoms with van der Waals surface area (Å²) in [4.78, 5) is 1.18. The number of nitrogen functional groups attached to an aromatic ring is 1. The second-order valence-electron chi connectivity index (χ2n) is 4.01. The van der Waals surface area contributed by atoms with Crippen molar-refractivity contribution in [2.45, 2.75) is 26.1 Å². The number of benzene rings is 1. The van der Waals surface area contributed by atoms with Gasteiger partial charge in [0.2, 0.25) is 0 Å². The Balaban J connectivity index is 3.10. The van der Waals surface area contributed by atoms with Crippen molar-refractivity contribution in [3.8, 4) is 0 Å². The summed E-state index contributed by atoms with van der Waals surface area (Å²) in [7, 11) is 0. The molecule has 0 fully saturated rings. The van der Waals surface area contributed by atoms with E-state index in [-0.39, 0.29) is 16.8 Å². The van der Waals surface area contributed by atoms with Gasteiger partial charge in [-0.3, -0.25) is 0 Å². The molecule has 0 atom stereocenters. The Labute approximate surface area is 103 Å². The Morgan fingerprint density at radius 2 is 1.94 bits per heavy atom. The van der Waals surface area contributed by atoms with Gasteiger partial charge in [0, 0.05) is 6.04 Å². The van der Waals surface area contributed by atoms with Gasteiger partial charge < -0.3 is 10.6 Å². The molecule has 1 aromatic carbocycles. The maximum atomic E-state index is 12.5. The van der Waals surface area contributed by atoms with E-state index < -0.39 is 12.7 Å². The number of hydrogen-bond acceptors (Lipinski definition) is 2. The summed E-state index contributed by atoms with van der Waals surface area (Å²) in [5, 5.41) is 0.260. The second-order valence-corrected chi connectivity index (χ2v) is 4.42. The van der Waals surface area contributed by atoms with Crippen molar-refractivity contribution in [2.24, 2.45) is 0 Å². The number of para-hydroxylation sites is 1. The summed E-state index contributed by atoms with van der Waals surface area (Å²) in [6, 6.07) is 4.34. The van der Waals surface area contributed by atoms with Crippen LogP contribution in [0.3, 0.4) is 0 Å². The average molecular weight is 267 g/mol. The monoisotopic (exact) mass is 266 g/mol. The molecule has 0 unspecified atom stereocenters. The molecule has 6 heteroatoms. The Morgan fingerprint density at radius 1 is 1.35 bits per heavy atom. The third kappa shape index (κ3) is 3.70. The van der Waals surface area contributed by atoms with Gasteiger partial charge in [-0.2, -0.15) is 13.2 Å². The van der Waals surface area contributed by atoms with Gasteiger partial charge in [-0.05, 0) is 26.0 Å². The minimum Gasteiger partial charge on any atom is -0.396 e. The Morgan fingerprint density at radius 3 is 2.41 bits per heavy atom. The molecule has 0 bridgehead atoms. The van der Waals surface area contributed by atoms with Gasteiger partial charge in [-0.1, -0.05) is 17.7 Å². The Kier molecular flexibility index (Phi) is 4.14. The maximum Gasteiger partial charge on any atom is 0.405 e. The molecule has 1 rings (SSSR count). The predicted molar refractivity (Wildman–Crippen MR) is 64.4 cm³/mol. The van der Waals surface area contributed by atoms with Crippen molar-refractivity contribution in [2.75, 3.05) is 17.2 Å². The first-order chi connectivity index (χ1) is 7.72. The maximum absolute atomic E-state index is 12.5. The van der Waals surface area contributed by atoms with Gasteiger partial charge in [0.05, 0.1) is 16.4 Å². The lowest BCUT2D eigenvalue weighted by atomic mass is 10.2.